The van der Waals surface area contributed by atoms with Crippen LogP contribution in [-0.2, 0) is 9.63 Å². The lowest BCUT2D eigenvalue weighted by molar-refractivity contribution is -0.126. The number of rotatable bonds is 4. The van der Waals surface area contributed by atoms with Gasteiger partial charge in [-0.25, -0.2) is 0 Å². The van der Waals surface area contributed by atoms with Crippen molar-refractivity contribution in [2.75, 3.05) is 6.61 Å². The summed E-state index contributed by atoms with van der Waals surface area (Å²) < 4.78 is 0. The molecule has 0 saturated carbocycles. The summed E-state index contributed by atoms with van der Waals surface area (Å²) in [5.41, 5.74) is 16.0. The van der Waals surface area contributed by atoms with Crippen molar-refractivity contribution in [2.45, 2.75) is 18.5 Å². The molecule has 0 saturated heterocycles. The van der Waals surface area contributed by atoms with Gasteiger partial charge in [0.2, 0.25) is 5.91 Å². The van der Waals surface area contributed by atoms with E-state index >= 15 is 0 Å². The number of hydrogen-bond donors (Lipinski definition) is 3. The lowest BCUT2D eigenvalue weighted by Crippen LogP contribution is -2.27. The van der Waals surface area contributed by atoms with Crippen LogP contribution in [0.4, 0.5) is 0 Å². The Kier molecular flexibility index (Phi) is 3.19. The molecule has 86 valence electrons. The smallest absolute Gasteiger partial charge is 0.245 e. The Morgan fingerprint density at radius 3 is 2.81 bits per heavy atom. The maximum atomic E-state index is 10.5. The predicted molar refractivity (Wildman–Crippen MR) is 59.0 cm³/mol. The molecule has 1 aromatic rings. The van der Waals surface area contributed by atoms with Gasteiger partial charge in [0.05, 0.1) is 6.04 Å². The first-order valence-corrected chi connectivity index (χ1v) is 5.18. The molecule has 0 radical (unpaired) electrons. The van der Waals surface area contributed by atoms with Crippen LogP contribution in [0.3, 0.4) is 0 Å². The zero-order chi connectivity index (χ0) is 11.5. The zero-order valence-electron chi connectivity index (χ0n) is 8.85. The summed E-state index contributed by atoms with van der Waals surface area (Å²) in [7, 11) is 0. The summed E-state index contributed by atoms with van der Waals surface area (Å²) in [5.74, 6) is -0.497. The van der Waals surface area contributed by atoms with E-state index in [1.54, 1.807) is 0 Å². The van der Waals surface area contributed by atoms with Crippen LogP contribution in [0, 0.1) is 0 Å². The van der Waals surface area contributed by atoms with Crippen molar-refractivity contribution in [2.24, 2.45) is 11.5 Å². The first-order valence-electron chi connectivity index (χ1n) is 5.18. The van der Waals surface area contributed by atoms with Gasteiger partial charge in [-0.15, -0.1) is 0 Å². The van der Waals surface area contributed by atoms with Gasteiger partial charge in [0.15, 0.2) is 0 Å². The van der Waals surface area contributed by atoms with Gasteiger partial charge in [0, 0.05) is 6.04 Å². The number of carbonyl (C=O) groups is 1. The SMILES string of the molecule is NC(=O)CONC1CC(N)c2ccccc21. The minimum absolute atomic E-state index is 0.0193. The molecule has 5 nitrogen and oxygen atoms in total. The second-order valence-corrected chi connectivity index (χ2v) is 3.90. The molecule has 0 bridgehead atoms. The minimum Gasteiger partial charge on any atom is -0.368 e. The minimum atomic E-state index is -0.497. The van der Waals surface area contributed by atoms with Crippen molar-refractivity contribution in [1.82, 2.24) is 5.48 Å². The molecule has 0 spiro atoms. The molecule has 1 aliphatic rings. The lowest BCUT2D eigenvalue weighted by Gasteiger charge is -2.12. The molecule has 1 aromatic carbocycles. The van der Waals surface area contributed by atoms with Gasteiger partial charge in [0.1, 0.15) is 6.61 Å². The average Bonchev–Trinajstić information content (AvgIpc) is 2.57. The summed E-state index contributed by atoms with van der Waals surface area (Å²) in [4.78, 5) is 15.5. The molecule has 0 fully saturated rings. The van der Waals surface area contributed by atoms with Gasteiger partial charge in [-0.05, 0) is 17.5 Å². The van der Waals surface area contributed by atoms with Gasteiger partial charge in [-0.3, -0.25) is 9.63 Å². The van der Waals surface area contributed by atoms with E-state index in [2.05, 4.69) is 5.48 Å². The highest BCUT2D eigenvalue weighted by Gasteiger charge is 2.28. The fourth-order valence-electron chi connectivity index (χ4n) is 2.00. The Balaban J connectivity index is 2.01. The highest BCUT2D eigenvalue weighted by molar-refractivity contribution is 5.74. The van der Waals surface area contributed by atoms with Crippen LogP contribution < -0.4 is 16.9 Å². The maximum absolute atomic E-state index is 10.5. The van der Waals surface area contributed by atoms with Gasteiger partial charge >= 0.3 is 0 Å². The molecule has 0 aromatic heterocycles. The molecule has 5 heteroatoms. The number of nitrogens with two attached hydrogens (primary N) is 2. The number of primary amides is 1. The lowest BCUT2D eigenvalue weighted by atomic mass is 10.1. The molecule has 0 heterocycles. The van der Waals surface area contributed by atoms with E-state index in [1.165, 1.54) is 0 Å². The third-order valence-electron chi connectivity index (χ3n) is 2.70. The van der Waals surface area contributed by atoms with E-state index in [9.17, 15) is 4.79 Å². The summed E-state index contributed by atoms with van der Waals surface area (Å²) in [6.07, 6.45) is 0.762. The van der Waals surface area contributed by atoms with Crippen LogP contribution in [-0.4, -0.2) is 12.5 Å². The highest BCUT2D eigenvalue weighted by Crippen LogP contribution is 2.36. The maximum Gasteiger partial charge on any atom is 0.245 e. The second kappa shape index (κ2) is 4.61. The van der Waals surface area contributed by atoms with E-state index in [4.69, 9.17) is 16.3 Å². The first kappa shape index (κ1) is 11.1. The first-order chi connectivity index (χ1) is 7.68. The second-order valence-electron chi connectivity index (χ2n) is 3.90. The normalized spacial score (nSPS) is 23.1. The van der Waals surface area contributed by atoms with Crippen LogP contribution in [0.1, 0.15) is 29.6 Å². The number of amides is 1. The summed E-state index contributed by atoms with van der Waals surface area (Å²) >= 11 is 0. The number of carbonyl (C=O) groups excluding carboxylic acids is 1. The van der Waals surface area contributed by atoms with Gasteiger partial charge in [0.25, 0.3) is 0 Å². The van der Waals surface area contributed by atoms with Crippen molar-refractivity contribution < 1.29 is 9.63 Å². The number of hydrogen-bond acceptors (Lipinski definition) is 4. The molecule has 2 unspecified atom stereocenters. The summed E-state index contributed by atoms with van der Waals surface area (Å²) in [5, 5.41) is 0. The third kappa shape index (κ3) is 2.21. The third-order valence-corrected chi connectivity index (χ3v) is 2.70. The van der Waals surface area contributed by atoms with Gasteiger partial charge < -0.3 is 11.5 Å². The Labute approximate surface area is 93.7 Å². The number of fused-ring (bicyclic) bond motifs is 1. The molecule has 2 atom stereocenters. The highest BCUT2D eigenvalue weighted by atomic mass is 16.6. The van der Waals surface area contributed by atoms with Crippen molar-refractivity contribution in [3.63, 3.8) is 0 Å². The largest absolute Gasteiger partial charge is 0.368 e. The van der Waals surface area contributed by atoms with Gasteiger partial charge in [-0.1, -0.05) is 24.3 Å². The molecule has 1 aliphatic carbocycles. The van der Waals surface area contributed by atoms with Crippen LogP contribution in [0.25, 0.3) is 0 Å². The van der Waals surface area contributed by atoms with Crippen LogP contribution >= 0.6 is 0 Å². The quantitative estimate of drug-likeness (QED) is 0.631. The van der Waals surface area contributed by atoms with Crippen LogP contribution in [0.5, 0.6) is 0 Å². The Morgan fingerprint density at radius 2 is 2.12 bits per heavy atom. The Bertz CT molecular complexity index is 395. The molecule has 2 rings (SSSR count). The summed E-state index contributed by atoms with van der Waals surface area (Å²) in [6.45, 7) is -0.131. The molecular formula is C11H15N3O2. The molecule has 1 amide bonds. The molecule has 5 N–H and O–H groups in total. The van der Waals surface area contributed by atoms with Crippen molar-refractivity contribution in [1.29, 1.82) is 0 Å². The van der Waals surface area contributed by atoms with E-state index < -0.39 is 5.91 Å². The van der Waals surface area contributed by atoms with Crippen LogP contribution in [0.2, 0.25) is 0 Å². The van der Waals surface area contributed by atoms with Crippen LogP contribution in [0.15, 0.2) is 24.3 Å². The average molecular weight is 221 g/mol. The Morgan fingerprint density at radius 1 is 1.44 bits per heavy atom. The van der Waals surface area contributed by atoms with Gasteiger partial charge in [-0.2, -0.15) is 5.48 Å². The molecule has 16 heavy (non-hydrogen) atoms. The topological polar surface area (TPSA) is 90.4 Å². The van der Waals surface area contributed by atoms with E-state index in [1.807, 2.05) is 24.3 Å². The number of nitrogens with one attached hydrogen (secondary N) is 1. The van der Waals surface area contributed by atoms with Crippen molar-refractivity contribution >= 4 is 5.91 Å². The fourth-order valence-corrected chi connectivity index (χ4v) is 2.00. The van der Waals surface area contributed by atoms with E-state index in [-0.39, 0.29) is 18.7 Å². The van der Waals surface area contributed by atoms with E-state index in [0.717, 1.165) is 17.5 Å². The standard InChI is InChI=1S/C11H15N3O2/c12-9-5-10(14-16-6-11(13)15)8-4-2-1-3-7(8)9/h1-4,9-10,14H,5-6,12H2,(H2,13,15). The number of hydroxylamine groups is 1. The monoisotopic (exact) mass is 221 g/mol. The molecular weight excluding hydrogens is 206 g/mol. The van der Waals surface area contributed by atoms with E-state index in [0.29, 0.717) is 0 Å². The predicted octanol–water partition coefficient (Wildman–Crippen LogP) is 0.138. The van der Waals surface area contributed by atoms with Crippen molar-refractivity contribution in [3.8, 4) is 0 Å². The molecule has 0 aliphatic heterocycles. The van der Waals surface area contributed by atoms with Crippen molar-refractivity contribution in [3.05, 3.63) is 35.4 Å². The number of benzene rings is 1. The Hall–Kier alpha value is -1.43. The zero-order valence-corrected chi connectivity index (χ0v) is 8.85. The summed E-state index contributed by atoms with van der Waals surface area (Å²) in [6, 6.07) is 7.99. The fraction of sp³-hybridized carbons (Fsp3) is 0.364.